The molecule has 0 saturated heterocycles. The van der Waals surface area contributed by atoms with Crippen molar-refractivity contribution in [3.05, 3.63) is 27.1 Å². The highest BCUT2D eigenvalue weighted by molar-refractivity contribution is 7.16. The van der Waals surface area contributed by atoms with Crippen molar-refractivity contribution in [1.82, 2.24) is 0 Å². The molecule has 0 aliphatic heterocycles. The average molecular weight is 157 g/mol. The van der Waals surface area contributed by atoms with E-state index in [-0.39, 0.29) is 5.00 Å². The van der Waals surface area contributed by atoms with Gasteiger partial charge in [0.25, 0.3) is 0 Å². The fourth-order valence-corrected chi connectivity index (χ4v) is 1.14. The summed E-state index contributed by atoms with van der Waals surface area (Å²) in [5, 5.41) is 10.0. The Balaban J connectivity index is 2.98. The van der Waals surface area contributed by atoms with E-state index in [1.165, 1.54) is 12.1 Å². The van der Waals surface area contributed by atoms with Crippen LogP contribution in [0.1, 0.15) is 9.67 Å². The van der Waals surface area contributed by atoms with Crippen LogP contribution in [0.25, 0.3) is 0 Å². The van der Waals surface area contributed by atoms with Gasteiger partial charge in [0.15, 0.2) is 6.29 Å². The van der Waals surface area contributed by atoms with Gasteiger partial charge >= 0.3 is 5.00 Å². The zero-order chi connectivity index (χ0) is 7.56. The SMILES string of the molecule is O=Cc1ccc([N+](=O)[O-])s1. The average Bonchev–Trinajstić information content (AvgIpc) is 2.34. The molecule has 4 nitrogen and oxygen atoms in total. The number of carbonyl (C=O) groups is 1. The van der Waals surface area contributed by atoms with Gasteiger partial charge in [-0.3, -0.25) is 14.9 Å². The molecule has 52 valence electrons. The molecule has 10 heavy (non-hydrogen) atoms. The van der Waals surface area contributed by atoms with Crippen LogP contribution in [0.2, 0.25) is 0 Å². The first kappa shape index (κ1) is 6.88. The van der Waals surface area contributed by atoms with Crippen LogP contribution in [0.5, 0.6) is 0 Å². The van der Waals surface area contributed by atoms with Gasteiger partial charge in [-0.25, -0.2) is 0 Å². The van der Waals surface area contributed by atoms with E-state index in [1.54, 1.807) is 0 Å². The van der Waals surface area contributed by atoms with Crippen molar-refractivity contribution in [3.63, 3.8) is 0 Å². The highest BCUT2D eigenvalue weighted by atomic mass is 32.1. The number of rotatable bonds is 2. The minimum atomic E-state index is -0.516. The maximum atomic E-state index is 10.0. The van der Waals surface area contributed by atoms with E-state index in [9.17, 15) is 14.9 Å². The first-order chi connectivity index (χ1) is 4.74. The van der Waals surface area contributed by atoms with Crippen molar-refractivity contribution in [3.8, 4) is 0 Å². The molecule has 0 radical (unpaired) electrons. The molecule has 1 rings (SSSR count). The predicted octanol–water partition coefficient (Wildman–Crippen LogP) is 1.47. The van der Waals surface area contributed by atoms with Gasteiger partial charge in [0.2, 0.25) is 0 Å². The van der Waals surface area contributed by atoms with Crippen LogP contribution in [0.4, 0.5) is 5.00 Å². The van der Waals surface area contributed by atoms with Crippen LogP contribution >= 0.6 is 11.3 Å². The summed E-state index contributed by atoms with van der Waals surface area (Å²) in [5.41, 5.74) is 0. The van der Waals surface area contributed by atoms with Gasteiger partial charge in [0.05, 0.1) is 9.80 Å². The molecular formula is C5H3NO3S. The first-order valence-corrected chi connectivity index (χ1v) is 3.25. The highest BCUT2D eigenvalue weighted by Crippen LogP contribution is 2.21. The fraction of sp³-hybridized carbons (Fsp3) is 0. The number of nitro groups is 1. The Morgan fingerprint density at radius 3 is 2.60 bits per heavy atom. The van der Waals surface area contributed by atoms with Crippen molar-refractivity contribution >= 4 is 22.6 Å². The number of hydrogen-bond acceptors (Lipinski definition) is 4. The summed E-state index contributed by atoms with van der Waals surface area (Å²) in [6.45, 7) is 0. The quantitative estimate of drug-likeness (QED) is 0.371. The zero-order valence-electron chi connectivity index (χ0n) is 4.81. The number of nitrogens with zero attached hydrogens (tertiary/aromatic N) is 1. The molecule has 0 atom stereocenters. The Labute approximate surface area is 60.3 Å². The number of carbonyl (C=O) groups excluding carboxylic acids is 1. The first-order valence-electron chi connectivity index (χ1n) is 2.43. The standard InChI is InChI=1S/C5H3NO3S/c7-3-4-1-2-5(10-4)6(8)9/h1-3H. The normalized spacial score (nSPS) is 9.20. The van der Waals surface area contributed by atoms with Crippen molar-refractivity contribution in [1.29, 1.82) is 0 Å². The molecule has 0 bridgehead atoms. The lowest BCUT2D eigenvalue weighted by molar-refractivity contribution is -0.380. The molecule has 1 aromatic rings. The molecule has 0 amide bonds. The Bertz CT molecular complexity index is 268. The van der Waals surface area contributed by atoms with Crippen molar-refractivity contribution in [2.24, 2.45) is 0 Å². The third-order valence-corrected chi connectivity index (χ3v) is 1.87. The lowest BCUT2D eigenvalue weighted by Crippen LogP contribution is -1.80. The fourth-order valence-electron chi connectivity index (χ4n) is 0.504. The molecule has 0 saturated carbocycles. The summed E-state index contributed by atoms with van der Waals surface area (Å²) in [7, 11) is 0. The van der Waals surface area contributed by atoms with Gasteiger partial charge in [-0.15, -0.1) is 0 Å². The van der Waals surface area contributed by atoms with Crippen LogP contribution in [0.15, 0.2) is 12.1 Å². The lowest BCUT2D eigenvalue weighted by Gasteiger charge is -1.77. The summed E-state index contributed by atoms with van der Waals surface area (Å²) in [4.78, 5) is 19.9. The Morgan fingerprint density at radius 2 is 2.30 bits per heavy atom. The summed E-state index contributed by atoms with van der Waals surface area (Å²) < 4.78 is 0. The van der Waals surface area contributed by atoms with Gasteiger partial charge in [-0.05, 0) is 6.07 Å². The Hall–Kier alpha value is -1.23. The van der Waals surface area contributed by atoms with E-state index in [4.69, 9.17) is 0 Å². The van der Waals surface area contributed by atoms with Crippen LogP contribution in [0, 0.1) is 10.1 Å². The third kappa shape index (κ3) is 1.19. The van der Waals surface area contributed by atoms with Crippen LogP contribution in [-0.4, -0.2) is 11.2 Å². The summed E-state index contributed by atoms with van der Waals surface area (Å²) in [6.07, 6.45) is 0.595. The number of hydrogen-bond donors (Lipinski definition) is 0. The van der Waals surface area contributed by atoms with Crippen LogP contribution < -0.4 is 0 Å². The van der Waals surface area contributed by atoms with Gasteiger partial charge < -0.3 is 0 Å². The second-order valence-electron chi connectivity index (χ2n) is 1.55. The second-order valence-corrected chi connectivity index (χ2v) is 2.64. The van der Waals surface area contributed by atoms with Gasteiger partial charge in [0.1, 0.15) is 0 Å². The van der Waals surface area contributed by atoms with Gasteiger partial charge in [-0.1, -0.05) is 11.3 Å². The smallest absolute Gasteiger partial charge is 0.297 e. The largest absolute Gasteiger partial charge is 0.324 e. The maximum Gasteiger partial charge on any atom is 0.324 e. The number of thiophene rings is 1. The summed E-state index contributed by atoms with van der Waals surface area (Å²) in [6, 6.07) is 2.74. The monoisotopic (exact) mass is 157 g/mol. The molecule has 0 aromatic carbocycles. The van der Waals surface area contributed by atoms with E-state index < -0.39 is 4.92 Å². The van der Waals surface area contributed by atoms with Crippen molar-refractivity contribution in [2.45, 2.75) is 0 Å². The molecule has 0 spiro atoms. The molecule has 0 N–H and O–H groups in total. The lowest BCUT2D eigenvalue weighted by atomic mass is 10.5. The Kier molecular flexibility index (Phi) is 1.77. The van der Waals surface area contributed by atoms with Crippen molar-refractivity contribution < 1.29 is 9.72 Å². The summed E-state index contributed by atoms with van der Waals surface area (Å²) >= 11 is 0.874. The van der Waals surface area contributed by atoms with E-state index in [2.05, 4.69) is 0 Å². The molecule has 0 aliphatic carbocycles. The molecule has 0 aliphatic rings. The van der Waals surface area contributed by atoms with E-state index >= 15 is 0 Å². The molecular weight excluding hydrogens is 154 g/mol. The molecule has 1 heterocycles. The highest BCUT2D eigenvalue weighted by Gasteiger charge is 2.07. The summed E-state index contributed by atoms with van der Waals surface area (Å²) in [5.74, 6) is 0. The third-order valence-electron chi connectivity index (χ3n) is 0.909. The van der Waals surface area contributed by atoms with E-state index in [0.717, 1.165) is 11.3 Å². The van der Waals surface area contributed by atoms with Crippen LogP contribution in [-0.2, 0) is 0 Å². The molecule has 5 heteroatoms. The second kappa shape index (κ2) is 2.57. The predicted molar refractivity (Wildman–Crippen MR) is 36.4 cm³/mol. The molecule has 1 aromatic heterocycles. The van der Waals surface area contributed by atoms with Gasteiger partial charge in [0, 0.05) is 6.07 Å². The zero-order valence-corrected chi connectivity index (χ0v) is 5.63. The van der Waals surface area contributed by atoms with Crippen LogP contribution in [0.3, 0.4) is 0 Å². The van der Waals surface area contributed by atoms with E-state index in [0.29, 0.717) is 11.2 Å². The molecule has 0 fully saturated rings. The minimum absolute atomic E-state index is 0.00194. The topological polar surface area (TPSA) is 60.2 Å². The molecule has 0 unspecified atom stereocenters. The van der Waals surface area contributed by atoms with E-state index in [1.807, 2.05) is 0 Å². The minimum Gasteiger partial charge on any atom is -0.297 e. The van der Waals surface area contributed by atoms with Gasteiger partial charge in [-0.2, -0.15) is 0 Å². The number of aldehydes is 1. The maximum absolute atomic E-state index is 10.0. The van der Waals surface area contributed by atoms with Crippen molar-refractivity contribution in [2.75, 3.05) is 0 Å². The Morgan fingerprint density at radius 1 is 1.60 bits per heavy atom.